The van der Waals surface area contributed by atoms with Gasteiger partial charge in [0.1, 0.15) is 24.0 Å². The van der Waals surface area contributed by atoms with Crippen molar-refractivity contribution in [3.05, 3.63) is 36.7 Å². The van der Waals surface area contributed by atoms with Crippen molar-refractivity contribution in [2.45, 2.75) is 56.5 Å². The van der Waals surface area contributed by atoms with Gasteiger partial charge in [0.2, 0.25) is 5.95 Å². The van der Waals surface area contributed by atoms with Crippen LogP contribution in [0.15, 0.2) is 36.7 Å². The lowest BCUT2D eigenvalue weighted by Gasteiger charge is -2.31. The number of aliphatic hydroxyl groups is 1. The van der Waals surface area contributed by atoms with Gasteiger partial charge >= 0.3 is 13.7 Å². The molecule has 1 aromatic carbocycles. The average molecular weight is 565 g/mol. The summed E-state index contributed by atoms with van der Waals surface area (Å²) in [5, 5.41) is 16.7. The molecule has 16 heteroatoms. The van der Waals surface area contributed by atoms with Gasteiger partial charge in [0.25, 0.3) is 0 Å². The Morgan fingerprint density at radius 1 is 1.36 bits per heavy atom. The molecule has 0 bridgehead atoms. The molecule has 1 unspecified atom stereocenters. The molecule has 1 saturated heterocycles. The number of hydrogen-bond acceptors (Lipinski definition) is 12. The highest BCUT2D eigenvalue weighted by atomic mass is 31.2. The molecule has 1 aliphatic carbocycles. The van der Waals surface area contributed by atoms with Gasteiger partial charge < -0.3 is 30.2 Å². The lowest BCUT2D eigenvalue weighted by atomic mass is 9.97. The molecule has 39 heavy (non-hydrogen) atoms. The fraction of sp³-hybridized carbons (Fsp3) is 0.478. The zero-order chi connectivity index (χ0) is 28.2. The maximum Gasteiger partial charge on any atom is 0.459 e. The van der Waals surface area contributed by atoms with Crippen LogP contribution in [-0.4, -0.2) is 73.8 Å². The number of ether oxygens (including phenoxy) is 2. The van der Waals surface area contributed by atoms with Gasteiger partial charge in [-0.05, 0) is 32.9 Å². The number of fused-ring (bicyclic) bond motifs is 2. The summed E-state index contributed by atoms with van der Waals surface area (Å²) in [6.07, 6.45) is -2.71. The summed E-state index contributed by atoms with van der Waals surface area (Å²) < 4.78 is 53.6. The molecule has 3 aromatic rings. The molecule has 3 heterocycles. The minimum atomic E-state index is -4.38. The maximum atomic E-state index is 16.4. The Labute approximate surface area is 222 Å². The zero-order valence-electron chi connectivity index (χ0n) is 21.6. The van der Waals surface area contributed by atoms with Gasteiger partial charge in [0, 0.05) is 7.05 Å². The summed E-state index contributed by atoms with van der Waals surface area (Å²) in [6.45, 7) is 4.27. The minimum absolute atomic E-state index is 0.0713. The lowest BCUT2D eigenvalue weighted by Crippen LogP contribution is -2.45. The van der Waals surface area contributed by atoms with Crippen LogP contribution >= 0.6 is 7.75 Å². The molecule has 0 radical (unpaired) electrons. The van der Waals surface area contributed by atoms with E-state index in [0.717, 1.165) is 6.92 Å². The van der Waals surface area contributed by atoms with Crippen molar-refractivity contribution in [2.24, 2.45) is 0 Å². The number of imidazole rings is 1. The van der Waals surface area contributed by atoms with E-state index in [9.17, 15) is 14.5 Å². The molecule has 7 atom stereocenters. The van der Waals surface area contributed by atoms with E-state index in [-0.39, 0.29) is 24.0 Å². The SMILES string of the molecule is CCOC(=O)[C@H](C)N[P@@](=O)(Oc1ccccc1)OC1[C@H]2O[C@@H](n3cnc4c(NC)nc(N)nc43)[C@](C)(F)[C@@]12O. The van der Waals surface area contributed by atoms with Crippen LogP contribution in [0.5, 0.6) is 5.75 Å². The highest BCUT2D eigenvalue weighted by molar-refractivity contribution is 7.52. The number of para-hydroxylation sites is 1. The van der Waals surface area contributed by atoms with Crippen molar-refractivity contribution >= 4 is 36.6 Å². The van der Waals surface area contributed by atoms with E-state index in [0.29, 0.717) is 11.3 Å². The molecule has 2 aliphatic rings. The highest BCUT2D eigenvalue weighted by Gasteiger charge is 2.85. The first-order chi connectivity index (χ1) is 18.4. The van der Waals surface area contributed by atoms with Gasteiger partial charge in [-0.1, -0.05) is 18.2 Å². The van der Waals surface area contributed by atoms with Crippen molar-refractivity contribution in [1.82, 2.24) is 24.6 Å². The molecule has 210 valence electrons. The third-order valence-corrected chi connectivity index (χ3v) is 8.36. The number of carbonyl (C=O) groups excluding carboxylic acids is 1. The molecule has 14 nitrogen and oxygen atoms in total. The van der Waals surface area contributed by atoms with Crippen molar-refractivity contribution in [2.75, 3.05) is 24.7 Å². The van der Waals surface area contributed by atoms with E-state index >= 15 is 4.39 Å². The quantitative estimate of drug-likeness (QED) is 0.207. The largest absolute Gasteiger partial charge is 0.465 e. The van der Waals surface area contributed by atoms with Gasteiger partial charge in [0.15, 0.2) is 34.5 Å². The number of nitrogen functional groups attached to an aromatic ring is 1. The van der Waals surface area contributed by atoms with Crippen LogP contribution < -0.4 is 20.7 Å². The van der Waals surface area contributed by atoms with Crippen molar-refractivity contribution in [3.8, 4) is 5.75 Å². The maximum absolute atomic E-state index is 16.4. The number of nitrogens with two attached hydrogens (primary N) is 1. The minimum Gasteiger partial charge on any atom is -0.465 e. The van der Waals surface area contributed by atoms with Gasteiger partial charge in [0.05, 0.1) is 12.9 Å². The van der Waals surface area contributed by atoms with Crippen LogP contribution in [0.3, 0.4) is 0 Å². The van der Waals surface area contributed by atoms with Crippen molar-refractivity contribution in [1.29, 1.82) is 0 Å². The zero-order valence-corrected chi connectivity index (χ0v) is 22.5. The summed E-state index contributed by atoms with van der Waals surface area (Å²) >= 11 is 0. The highest BCUT2D eigenvalue weighted by Crippen LogP contribution is 2.66. The molecular weight excluding hydrogens is 536 g/mol. The smallest absolute Gasteiger partial charge is 0.459 e. The Kier molecular flexibility index (Phi) is 6.75. The molecule has 1 saturated carbocycles. The number of benzene rings is 1. The summed E-state index contributed by atoms with van der Waals surface area (Å²) in [7, 11) is -2.76. The summed E-state index contributed by atoms with van der Waals surface area (Å²) in [6, 6.07) is 6.95. The topological polar surface area (TPSA) is 185 Å². The van der Waals surface area contributed by atoms with Gasteiger partial charge in [-0.25, -0.2) is 13.9 Å². The number of esters is 1. The number of nitrogens with one attached hydrogen (secondary N) is 2. The van der Waals surface area contributed by atoms with Gasteiger partial charge in [-0.2, -0.15) is 15.1 Å². The standard InChI is InChI=1S/C23H29FN7O7P/c1-5-35-19(32)12(2)30-39(34,37-13-9-7-6-8-10-13)38-16-15-23(16,33)22(3,24)20(36-15)31-11-27-14-17(26-4)28-21(25)29-18(14)31/h6-12,15-16,20,33H,5H2,1-4H3,(H,30,34)(H3,25,26,28,29)/t12-,15+,16?,20+,22-,23-,39+/m0/s1. The number of carbonyl (C=O) groups is 1. The van der Waals surface area contributed by atoms with Crippen LogP contribution in [0.1, 0.15) is 27.0 Å². The molecule has 5 rings (SSSR count). The summed E-state index contributed by atoms with van der Waals surface area (Å²) in [4.78, 5) is 24.7. The van der Waals surface area contributed by atoms with E-state index in [1.165, 1.54) is 30.0 Å². The fourth-order valence-electron chi connectivity index (χ4n) is 4.66. The molecule has 2 fully saturated rings. The normalized spacial score (nSPS) is 29.8. The Morgan fingerprint density at radius 3 is 2.69 bits per heavy atom. The number of aromatic nitrogens is 4. The lowest BCUT2D eigenvalue weighted by molar-refractivity contribution is -0.144. The summed E-state index contributed by atoms with van der Waals surface area (Å²) in [5.41, 5.74) is 1.62. The van der Waals surface area contributed by atoms with Crippen LogP contribution in [0.25, 0.3) is 11.2 Å². The third-order valence-electron chi connectivity index (χ3n) is 6.70. The Balaban J connectivity index is 1.41. The van der Waals surface area contributed by atoms with Gasteiger partial charge in [-0.15, -0.1) is 0 Å². The van der Waals surface area contributed by atoms with E-state index < -0.39 is 49.5 Å². The van der Waals surface area contributed by atoms with E-state index in [1.807, 2.05) is 0 Å². The molecule has 0 spiro atoms. The predicted octanol–water partition coefficient (Wildman–Crippen LogP) is 1.93. The third kappa shape index (κ3) is 4.49. The average Bonchev–Trinajstić information content (AvgIpc) is 3.14. The second kappa shape index (κ2) is 9.68. The molecule has 1 aliphatic heterocycles. The molecule has 5 N–H and O–H groups in total. The number of rotatable bonds is 10. The number of alkyl halides is 1. The summed E-state index contributed by atoms with van der Waals surface area (Å²) in [5.74, 6) is -0.279. The fourth-order valence-corrected chi connectivity index (χ4v) is 6.36. The van der Waals surface area contributed by atoms with E-state index in [4.69, 9.17) is 24.3 Å². The van der Waals surface area contributed by atoms with E-state index in [2.05, 4.69) is 25.4 Å². The molecular formula is C23H29FN7O7P. The van der Waals surface area contributed by atoms with Crippen molar-refractivity contribution in [3.63, 3.8) is 0 Å². The van der Waals surface area contributed by atoms with Crippen LogP contribution in [-0.2, 0) is 23.4 Å². The predicted molar refractivity (Wildman–Crippen MR) is 136 cm³/mol. The number of nitrogens with zero attached hydrogens (tertiary/aromatic N) is 4. The Morgan fingerprint density at radius 2 is 2.08 bits per heavy atom. The second-order valence-electron chi connectivity index (χ2n) is 9.35. The number of anilines is 2. The van der Waals surface area contributed by atoms with Crippen LogP contribution in [0, 0.1) is 0 Å². The van der Waals surface area contributed by atoms with Gasteiger partial charge in [-0.3, -0.25) is 13.9 Å². The van der Waals surface area contributed by atoms with E-state index in [1.54, 1.807) is 32.2 Å². The molecule has 0 amide bonds. The number of hydrogen-bond donors (Lipinski definition) is 4. The second-order valence-corrected chi connectivity index (χ2v) is 11.0. The first-order valence-electron chi connectivity index (χ1n) is 12.2. The van der Waals surface area contributed by atoms with Crippen molar-refractivity contribution < 1.29 is 37.4 Å². The number of halogens is 1. The monoisotopic (exact) mass is 565 g/mol. The van der Waals surface area contributed by atoms with Crippen LogP contribution in [0.2, 0.25) is 0 Å². The Bertz CT molecular complexity index is 1440. The van der Waals surface area contributed by atoms with Crippen LogP contribution in [0.4, 0.5) is 16.2 Å². The first-order valence-corrected chi connectivity index (χ1v) is 13.7. The first kappa shape index (κ1) is 27.2. The molecule has 2 aromatic heterocycles. The Hall–Kier alpha value is -3.36.